The molecule has 0 spiro atoms. The van der Waals surface area contributed by atoms with Crippen LogP contribution in [0.1, 0.15) is 50.2 Å². The van der Waals surface area contributed by atoms with E-state index in [1.54, 1.807) is 12.1 Å². The maximum atomic E-state index is 11.7. The molecule has 2 aromatic rings. The normalized spacial score (nSPS) is 10.3. The van der Waals surface area contributed by atoms with E-state index >= 15 is 0 Å². The molecule has 0 fully saturated rings. The third kappa shape index (κ3) is 13.4. The van der Waals surface area contributed by atoms with Crippen LogP contribution in [0, 0.1) is 4.91 Å². The van der Waals surface area contributed by atoms with E-state index < -0.39 is 0 Å². The first-order valence-electron chi connectivity index (χ1n) is 12.1. The molecule has 7 N–H and O–H groups in total. The second-order valence-electron chi connectivity index (χ2n) is 8.37. The van der Waals surface area contributed by atoms with Crippen molar-refractivity contribution in [3.8, 4) is 17.2 Å². The van der Waals surface area contributed by atoms with E-state index in [2.05, 4.69) is 15.8 Å². The Kier molecular flexibility index (Phi) is 15.2. The van der Waals surface area contributed by atoms with Crippen LogP contribution in [0.4, 0.5) is 5.69 Å². The largest absolute Gasteiger partial charge is 0.508 e. The van der Waals surface area contributed by atoms with Crippen molar-refractivity contribution in [3.05, 3.63) is 52.4 Å². The standard InChI is InChI=1S/C16H27N3O3.C10H11NO3/c17-8-3-10-18-9-1-2-11-19-16(22)7-5-13-4-6-14(20)12-15(13)21;1-7(12)2-3-8-4-5-9(13)6-10(8)11-14/h4,6,12,18,20-21H,1-3,5,7-11,17H2,(H,19,22);4-6,13H,2-3H2,1H3. The number of aromatic hydroxyl groups is 3. The predicted octanol–water partition coefficient (Wildman–Crippen LogP) is 3.18. The highest BCUT2D eigenvalue weighted by Crippen LogP contribution is 2.25. The fourth-order valence-corrected chi connectivity index (χ4v) is 3.21. The first kappa shape index (κ1) is 30.5. The number of ketones is 1. The van der Waals surface area contributed by atoms with E-state index in [1.807, 2.05) is 0 Å². The monoisotopic (exact) mass is 502 g/mol. The van der Waals surface area contributed by atoms with Gasteiger partial charge in [0.2, 0.25) is 5.91 Å². The number of aryl methyl sites for hydroxylation is 2. The number of amides is 1. The summed E-state index contributed by atoms with van der Waals surface area (Å²) in [5.74, 6) is 0.0896. The highest BCUT2D eigenvalue weighted by molar-refractivity contribution is 5.76. The van der Waals surface area contributed by atoms with Gasteiger partial charge in [-0.05, 0) is 87.1 Å². The van der Waals surface area contributed by atoms with Crippen LogP contribution in [0.25, 0.3) is 0 Å². The van der Waals surface area contributed by atoms with Crippen LogP contribution in [0.3, 0.4) is 0 Å². The summed E-state index contributed by atoms with van der Waals surface area (Å²) >= 11 is 0. The number of unbranched alkanes of at least 4 members (excludes halogenated alkanes) is 1. The molecule has 10 heteroatoms. The molecule has 0 atom stereocenters. The Labute approximate surface area is 211 Å². The van der Waals surface area contributed by atoms with Crippen LogP contribution in [-0.2, 0) is 22.4 Å². The molecule has 0 unspecified atom stereocenters. The van der Waals surface area contributed by atoms with E-state index in [0.29, 0.717) is 49.9 Å². The number of rotatable bonds is 15. The SMILES string of the molecule is CC(=O)CCc1ccc(O)cc1N=O.NCCCNCCCCNC(=O)CCc1ccc(O)cc1O. The van der Waals surface area contributed by atoms with Crippen molar-refractivity contribution in [1.82, 2.24) is 10.6 Å². The number of hydrogen-bond acceptors (Lipinski definition) is 9. The molecule has 2 aromatic carbocycles. The molecule has 0 saturated carbocycles. The number of Topliss-reactive ketones (excluding diaryl/α,β-unsaturated/α-hetero) is 1. The summed E-state index contributed by atoms with van der Waals surface area (Å²) in [6, 6.07) is 8.79. The van der Waals surface area contributed by atoms with Crippen molar-refractivity contribution in [2.75, 3.05) is 26.2 Å². The Balaban J connectivity index is 0.000000397. The summed E-state index contributed by atoms with van der Waals surface area (Å²) in [6.07, 6.45) is 4.59. The van der Waals surface area contributed by atoms with E-state index in [0.717, 1.165) is 32.4 Å². The number of phenols is 3. The number of hydrogen-bond donors (Lipinski definition) is 6. The lowest BCUT2D eigenvalue weighted by molar-refractivity contribution is -0.121. The molecule has 10 nitrogen and oxygen atoms in total. The minimum Gasteiger partial charge on any atom is -0.508 e. The molecule has 0 aliphatic carbocycles. The van der Waals surface area contributed by atoms with Crippen LogP contribution in [0.15, 0.2) is 41.6 Å². The molecule has 0 heterocycles. The molecule has 0 saturated heterocycles. The Hall–Kier alpha value is -3.50. The van der Waals surface area contributed by atoms with Crippen LogP contribution >= 0.6 is 0 Å². The molecule has 0 bridgehead atoms. The maximum absolute atomic E-state index is 11.7. The quantitative estimate of drug-likeness (QED) is 0.159. The maximum Gasteiger partial charge on any atom is 0.220 e. The van der Waals surface area contributed by atoms with Crippen molar-refractivity contribution in [3.63, 3.8) is 0 Å². The van der Waals surface area contributed by atoms with Gasteiger partial charge in [0.25, 0.3) is 0 Å². The van der Waals surface area contributed by atoms with Crippen LogP contribution in [0.2, 0.25) is 0 Å². The third-order valence-electron chi connectivity index (χ3n) is 5.26. The number of nitrogens with one attached hydrogen (secondary N) is 2. The van der Waals surface area contributed by atoms with Gasteiger partial charge in [-0.3, -0.25) is 4.79 Å². The van der Waals surface area contributed by atoms with Crippen molar-refractivity contribution >= 4 is 17.4 Å². The molecule has 198 valence electrons. The number of nitrogens with two attached hydrogens (primary N) is 1. The fourth-order valence-electron chi connectivity index (χ4n) is 3.21. The van der Waals surface area contributed by atoms with Crippen LogP contribution < -0.4 is 16.4 Å². The van der Waals surface area contributed by atoms with E-state index in [1.165, 1.54) is 31.2 Å². The summed E-state index contributed by atoms with van der Waals surface area (Å²) in [5, 5.41) is 36.9. The van der Waals surface area contributed by atoms with Gasteiger partial charge in [0.1, 0.15) is 28.7 Å². The van der Waals surface area contributed by atoms with Crippen molar-refractivity contribution in [2.24, 2.45) is 10.9 Å². The van der Waals surface area contributed by atoms with Crippen molar-refractivity contribution in [1.29, 1.82) is 0 Å². The smallest absolute Gasteiger partial charge is 0.220 e. The number of carbonyl (C=O) groups is 2. The number of carbonyl (C=O) groups excluding carboxylic acids is 2. The number of benzene rings is 2. The topological polar surface area (TPSA) is 174 Å². The fraction of sp³-hybridized carbons (Fsp3) is 0.462. The van der Waals surface area contributed by atoms with E-state index in [4.69, 9.17) is 10.8 Å². The minimum atomic E-state index is -0.0245. The first-order chi connectivity index (χ1) is 17.3. The zero-order chi connectivity index (χ0) is 26.8. The Morgan fingerprint density at radius 1 is 0.861 bits per heavy atom. The molecule has 1 amide bonds. The van der Waals surface area contributed by atoms with Crippen molar-refractivity contribution < 1.29 is 24.9 Å². The van der Waals surface area contributed by atoms with E-state index in [9.17, 15) is 24.7 Å². The second-order valence-corrected chi connectivity index (χ2v) is 8.37. The third-order valence-corrected chi connectivity index (χ3v) is 5.26. The summed E-state index contributed by atoms with van der Waals surface area (Å²) in [6.45, 7) is 4.75. The molecule has 0 aliphatic heterocycles. The number of phenolic OH excluding ortho intramolecular Hbond substituents is 3. The lowest BCUT2D eigenvalue weighted by Crippen LogP contribution is -2.26. The van der Waals surface area contributed by atoms with Crippen LogP contribution in [0.5, 0.6) is 17.2 Å². The second kappa shape index (κ2) is 17.9. The summed E-state index contributed by atoms with van der Waals surface area (Å²) in [5.41, 5.74) is 6.95. The number of nitroso groups, excluding NO2 is 1. The van der Waals surface area contributed by atoms with Crippen molar-refractivity contribution in [2.45, 2.75) is 51.9 Å². The lowest BCUT2D eigenvalue weighted by atomic mass is 10.1. The highest BCUT2D eigenvalue weighted by atomic mass is 16.3. The zero-order valence-electron chi connectivity index (χ0n) is 20.8. The Bertz CT molecular complexity index is 967. The summed E-state index contributed by atoms with van der Waals surface area (Å²) in [7, 11) is 0. The zero-order valence-corrected chi connectivity index (χ0v) is 20.8. The first-order valence-corrected chi connectivity index (χ1v) is 12.1. The van der Waals surface area contributed by atoms with Gasteiger partial charge in [0.15, 0.2) is 0 Å². The molecule has 0 radical (unpaired) electrons. The van der Waals surface area contributed by atoms with Gasteiger partial charge >= 0.3 is 0 Å². The van der Waals surface area contributed by atoms with Gasteiger partial charge in [-0.1, -0.05) is 12.1 Å². The highest BCUT2D eigenvalue weighted by Gasteiger charge is 2.07. The summed E-state index contributed by atoms with van der Waals surface area (Å²) < 4.78 is 0. The predicted molar refractivity (Wildman–Crippen MR) is 139 cm³/mol. The minimum absolute atomic E-state index is 0.00572. The molecule has 36 heavy (non-hydrogen) atoms. The summed E-state index contributed by atoms with van der Waals surface area (Å²) in [4.78, 5) is 32.8. The molecular formula is C26H38N4O6. The molecule has 2 rings (SSSR count). The van der Waals surface area contributed by atoms with Gasteiger partial charge in [0.05, 0.1) is 0 Å². The van der Waals surface area contributed by atoms with Gasteiger partial charge in [-0.25, -0.2) is 0 Å². The van der Waals surface area contributed by atoms with E-state index in [-0.39, 0.29) is 34.6 Å². The molecule has 0 aliphatic rings. The average molecular weight is 503 g/mol. The Morgan fingerprint density at radius 2 is 1.47 bits per heavy atom. The van der Waals surface area contributed by atoms with Gasteiger partial charge in [-0.15, -0.1) is 4.91 Å². The molecule has 0 aromatic heterocycles. The molecular weight excluding hydrogens is 464 g/mol. The van der Waals surface area contributed by atoms with Gasteiger partial charge in [-0.2, -0.15) is 0 Å². The Morgan fingerprint density at radius 3 is 2.11 bits per heavy atom. The number of nitrogens with zero attached hydrogens (tertiary/aromatic N) is 1. The van der Waals surface area contributed by atoms with Gasteiger partial charge in [0, 0.05) is 31.5 Å². The lowest BCUT2D eigenvalue weighted by Gasteiger charge is -2.07. The van der Waals surface area contributed by atoms with Gasteiger partial charge < -0.3 is 36.5 Å². The average Bonchev–Trinajstić information content (AvgIpc) is 2.84. The van der Waals surface area contributed by atoms with Crippen LogP contribution in [-0.4, -0.2) is 53.2 Å².